The van der Waals surface area contributed by atoms with Gasteiger partial charge in [-0.05, 0) is 24.8 Å². The van der Waals surface area contributed by atoms with E-state index in [1.54, 1.807) is 0 Å². The first-order valence-electron chi connectivity index (χ1n) is 7.43. The molecule has 0 bridgehead atoms. The highest BCUT2D eigenvalue weighted by Gasteiger charge is 2.34. The van der Waals surface area contributed by atoms with E-state index in [9.17, 15) is 23.1 Å². The van der Waals surface area contributed by atoms with E-state index in [0.717, 1.165) is 5.56 Å². The largest absolute Gasteiger partial charge is 0.481 e. The second kappa shape index (κ2) is 7.89. The Morgan fingerprint density at radius 1 is 1.25 bits per heavy atom. The monoisotopic (exact) mass is 342 g/mol. The SMILES string of the molecule is O=C(O)C(CCCC(F)(F)F)[C@H](Cc1ccccc1)c1nn[nH]n1. The first-order chi connectivity index (χ1) is 11.4. The Morgan fingerprint density at radius 3 is 2.50 bits per heavy atom. The van der Waals surface area contributed by atoms with E-state index in [1.807, 2.05) is 30.3 Å². The number of benzene rings is 1. The molecule has 0 radical (unpaired) electrons. The normalized spacial score (nSPS) is 14.3. The molecular formula is C15H17F3N4O2. The second-order valence-electron chi connectivity index (χ2n) is 5.52. The van der Waals surface area contributed by atoms with Gasteiger partial charge in [-0.1, -0.05) is 35.5 Å². The molecule has 2 N–H and O–H groups in total. The van der Waals surface area contributed by atoms with Gasteiger partial charge in [0.1, 0.15) is 0 Å². The summed E-state index contributed by atoms with van der Waals surface area (Å²) in [4.78, 5) is 11.6. The van der Waals surface area contributed by atoms with Crippen LogP contribution in [0.2, 0.25) is 0 Å². The average Bonchev–Trinajstić information content (AvgIpc) is 3.03. The van der Waals surface area contributed by atoms with Crippen molar-refractivity contribution in [1.82, 2.24) is 20.6 Å². The van der Waals surface area contributed by atoms with Gasteiger partial charge < -0.3 is 5.11 Å². The standard InChI is InChI=1S/C15H17F3N4O2/c16-15(17,18)8-4-7-11(14(23)24)12(13-19-21-22-20-13)9-10-5-2-1-3-6-10/h1-3,5-6,11-12H,4,7-9H2,(H,23,24)(H,19,20,21,22)/t11?,12-/m0/s1. The number of tetrazole rings is 1. The maximum Gasteiger partial charge on any atom is 0.389 e. The molecule has 130 valence electrons. The molecule has 0 spiro atoms. The van der Waals surface area contributed by atoms with Crippen LogP contribution < -0.4 is 0 Å². The van der Waals surface area contributed by atoms with Crippen LogP contribution in [0.5, 0.6) is 0 Å². The second-order valence-corrected chi connectivity index (χ2v) is 5.52. The van der Waals surface area contributed by atoms with E-state index >= 15 is 0 Å². The van der Waals surface area contributed by atoms with Crippen LogP contribution in [0.4, 0.5) is 13.2 Å². The molecule has 0 aliphatic rings. The Morgan fingerprint density at radius 2 is 1.96 bits per heavy atom. The van der Waals surface area contributed by atoms with Crippen LogP contribution in [0.25, 0.3) is 0 Å². The van der Waals surface area contributed by atoms with Gasteiger partial charge in [-0.15, -0.1) is 10.2 Å². The Bertz CT molecular complexity index is 632. The maximum atomic E-state index is 12.3. The fourth-order valence-corrected chi connectivity index (χ4v) is 2.63. The van der Waals surface area contributed by atoms with Gasteiger partial charge in [0.05, 0.1) is 5.92 Å². The zero-order valence-corrected chi connectivity index (χ0v) is 12.7. The van der Waals surface area contributed by atoms with Crippen LogP contribution >= 0.6 is 0 Å². The van der Waals surface area contributed by atoms with Gasteiger partial charge in [-0.3, -0.25) is 4.79 Å². The van der Waals surface area contributed by atoms with E-state index in [2.05, 4.69) is 20.6 Å². The zero-order valence-electron chi connectivity index (χ0n) is 12.7. The summed E-state index contributed by atoms with van der Waals surface area (Å²) < 4.78 is 37.0. The van der Waals surface area contributed by atoms with Crippen molar-refractivity contribution in [3.63, 3.8) is 0 Å². The summed E-state index contributed by atoms with van der Waals surface area (Å²) in [6.45, 7) is 0. The van der Waals surface area contributed by atoms with Crippen molar-refractivity contribution in [2.75, 3.05) is 0 Å². The highest BCUT2D eigenvalue weighted by Crippen LogP contribution is 2.32. The molecule has 1 heterocycles. The molecule has 0 fully saturated rings. The number of H-pyrrole nitrogens is 1. The van der Waals surface area contributed by atoms with Crippen molar-refractivity contribution in [3.8, 4) is 0 Å². The lowest BCUT2D eigenvalue weighted by atomic mass is 9.83. The van der Waals surface area contributed by atoms with Crippen molar-refractivity contribution < 1.29 is 23.1 Å². The lowest BCUT2D eigenvalue weighted by Crippen LogP contribution is -2.25. The van der Waals surface area contributed by atoms with Crippen LogP contribution in [-0.2, 0) is 11.2 Å². The van der Waals surface area contributed by atoms with Crippen molar-refractivity contribution in [1.29, 1.82) is 0 Å². The number of rotatable bonds is 8. The van der Waals surface area contributed by atoms with Gasteiger partial charge in [0.25, 0.3) is 0 Å². The molecule has 6 nitrogen and oxygen atoms in total. The third-order valence-electron chi connectivity index (χ3n) is 3.77. The predicted molar refractivity (Wildman–Crippen MR) is 78.1 cm³/mol. The molecule has 0 saturated heterocycles. The molecule has 1 aromatic heterocycles. The number of carboxylic acids is 1. The smallest absolute Gasteiger partial charge is 0.389 e. The van der Waals surface area contributed by atoms with Gasteiger partial charge in [0.2, 0.25) is 0 Å². The molecule has 0 aliphatic carbocycles. The first-order valence-corrected chi connectivity index (χ1v) is 7.43. The molecule has 24 heavy (non-hydrogen) atoms. The molecule has 9 heteroatoms. The zero-order chi connectivity index (χ0) is 17.6. The lowest BCUT2D eigenvalue weighted by Gasteiger charge is -2.21. The summed E-state index contributed by atoms with van der Waals surface area (Å²) in [5.74, 6) is -2.65. The van der Waals surface area contributed by atoms with Gasteiger partial charge >= 0.3 is 12.1 Å². The molecule has 2 rings (SSSR count). The number of alkyl halides is 3. The minimum absolute atomic E-state index is 0.110. The van der Waals surface area contributed by atoms with Crippen molar-refractivity contribution in [2.24, 2.45) is 5.92 Å². The number of hydrogen-bond acceptors (Lipinski definition) is 4. The fourth-order valence-electron chi connectivity index (χ4n) is 2.63. The molecule has 0 aliphatic heterocycles. The molecule has 0 amide bonds. The van der Waals surface area contributed by atoms with Crippen LogP contribution in [0.1, 0.15) is 36.6 Å². The summed E-state index contributed by atoms with van der Waals surface area (Å²) in [6, 6.07) is 9.08. The highest BCUT2D eigenvalue weighted by molar-refractivity contribution is 5.71. The summed E-state index contributed by atoms with van der Waals surface area (Å²) in [5.41, 5.74) is 0.856. The quantitative estimate of drug-likeness (QED) is 0.769. The number of aromatic amines is 1. The van der Waals surface area contributed by atoms with Gasteiger partial charge in [-0.25, -0.2) is 0 Å². The fraction of sp³-hybridized carbons (Fsp3) is 0.467. The number of carboxylic acid groups (broad SMARTS) is 1. The number of aromatic nitrogens is 4. The van der Waals surface area contributed by atoms with Crippen molar-refractivity contribution in [2.45, 2.75) is 37.8 Å². The molecule has 2 atom stereocenters. The van der Waals surface area contributed by atoms with E-state index < -0.39 is 30.4 Å². The number of carbonyl (C=O) groups is 1. The Balaban J connectivity index is 2.17. The highest BCUT2D eigenvalue weighted by atomic mass is 19.4. The van der Waals surface area contributed by atoms with Gasteiger partial charge in [0, 0.05) is 12.3 Å². The van der Waals surface area contributed by atoms with Crippen molar-refractivity contribution in [3.05, 3.63) is 41.7 Å². The van der Waals surface area contributed by atoms with E-state index in [1.165, 1.54) is 0 Å². The third kappa shape index (κ3) is 5.32. The van der Waals surface area contributed by atoms with Crippen LogP contribution in [-0.4, -0.2) is 37.9 Å². The third-order valence-corrected chi connectivity index (χ3v) is 3.77. The average molecular weight is 342 g/mol. The van der Waals surface area contributed by atoms with Crippen LogP contribution in [0.3, 0.4) is 0 Å². The van der Waals surface area contributed by atoms with Crippen LogP contribution in [0, 0.1) is 5.92 Å². The maximum absolute atomic E-state index is 12.3. The number of halogens is 3. The summed E-state index contributed by atoms with van der Waals surface area (Å²) in [7, 11) is 0. The molecule has 0 saturated carbocycles. The number of aliphatic carboxylic acids is 1. The molecular weight excluding hydrogens is 325 g/mol. The number of nitrogens with one attached hydrogen (secondary N) is 1. The van der Waals surface area contributed by atoms with Crippen LogP contribution in [0.15, 0.2) is 30.3 Å². The van der Waals surface area contributed by atoms with E-state index in [0.29, 0.717) is 6.42 Å². The number of hydrogen-bond donors (Lipinski definition) is 2. The molecule has 1 unspecified atom stereocenters. The Hall–Kier alpha value is -2.45. The Labute approximate surface area is 136 Å². The van der Waals surface area contributed by atoms with Gasteiger partial charge in [0.15, 0.2) is 5.82 Å². The Kier molecular flexibility index (Phi) is 5.88. The van der Waals surface area contributed by atoms with Gasteiger partial charge in [-0.2, -0.15) is 18.4 Å². The minimum Gasteiger partial charge on any atom is -0.481 e. The number of nitrogens with zero attached hydrogens (tertiary/aromatic N) is 3. The van der Waals surface area contributed by atoms with Crippen molar-refractivity contribution >= 4 is 5.97 Å². The molecule has 2 aromatic rings. The molecule has 1 aromatic carbocycles. The topological polar surface area (TPSA) is 91.8 Å². The predicted octanol–water partition coefficient (Wildman–Crippen LogP) is 2.96. The summed E-state index contributed by atoms with van der Waals surface area (Å²) in [5, 5.41) is 22.9. The minimum atomic E-state index is -4.30. The first kappa shape index (κ1) is 17.9. The van der Waals surface area contributed by atoms with E-state index in [4.69, 9.17) is 0 Å². The summed E-state index contributed by atoms with van der Waals surface area (Å²) in [6.07, 6.45) is -5.38. The lowest BCUT2D eigenvalue weighted by molar-refractivity contribution is -0.146. The summed E-state index contributed by atoms with van der Waals surface area (Å²) >= 11 is 0. The van der Waals surface area contributed by atoms with E-state index in [-0.39, 0.29) is 18.7 Å².